The standard InChI is InChI=1S/C33H36N6O5/c40-29-7-6-28(30(41)36-29)38-18-23-15-24(3-4-26(23)31(38)42)44-25-8-12-37(19-25)17-21-2-5-27-22(14-21)16-34-32(35-27)39-11-1-9-33(39)10-13-43-20-33/h2-5,14-16,25,28H,1,6-13,17-20H2,(H,36,40,41). The molecule has 1 spiro atoms. The maximum absolute atomic E-state index is 13.0. The van der Waals surface area contributed by atoms with E-state index in [0.29, 0.717) is 18.5 Å². The van der Waals surface area contributed by atoms with Gasteiger partial charge in [0.25, 0.3) is 5.91 Å². The van der Waals surface area contributed by atoms with Crippen molar-refractivity contribution < 1.29 is 23.9 Å². The Morgan fingerprint density at radius 3 is 2.86 bits per heavy atom. The van der Waals surface area contributed by atoms with E-state index in [1.165, 1.54) is 5.56 Å². The number of hydrogen-bond donors (Lipinski definition) is 1. The van der Waals surface area contributed by atoms with Gasteiger partial charge < -0.3 is 19.3 Å². The molecule has 228 valence electrons. The second-order valence-corrected chi connectivity index (χ2v) is 12.8. The van der Waals surface area contributed by atoms with Crippen LogP contribution in [-0.2, 0) is 27.4 Å². The third-order valence-electron chi connectivity index (χ3n) is 9.98. The topological polar surface area (TPSA) is 117 Å². The Balaban J connectivity index is 0.889. The third kappa shape index (κ3) is 4.88. The lowest BCUT2D eigenvalue weighted by Crippen LogP contribution is -2.52. The molecule has 1 N–H and O–H groups in total. The fourth-order valence-corrected chi connectivity index (χ4v) is 7.67. The first-order chi connectivity index (χ1) is 21.4. The SMILES string of the molecule is O=C1CCC(N2Cc3cc(OC4CCN(Cc5ccc6nc(N7CCCC78CCOC8)ncc6c5)C4)ccc3C2=O)C(=O)N1. The largest absolute Gasteiger partial charge is 0.489 e. The molecule has 11 heteroatoms. The first-order valence-corrected chi connectivity index (χ1v) is 15.7. The number of amides is 3. The minimum Gasteiger partial charge on any atom is -0.489 e. The molecule has 11 nitrogen and oxygen atoms in total. The number of rotatable bonds is 6. The van der Waals surface area contributed by atoms with Crippen molar-refractivity contribution in [3.63, 3.8) is 0 Å². The number of anilines is 1. The van der Waals surface area contributed by atoms with Crippen LogP contribution in [-0.4, -0.2) is 88.0 Å². The fourth-order valence-electron chi connectivity index (χ4n) is 7.67. The van der Waals surface area contributed by atoms with Gasteiger partial charge in [-0.1, -0.05) is 6.07 Å². The molecule has 4 saturated heterocycles. The lowest BCUT2D eigenvalue weighted by atomic mass is 9.96. The van der Waals surface area contributed by atoms with E-state index in [2.05, 4.69) is 33.3 Å². The molecule has 0 bridgehead atoms. The van der Waals surface area contributed by atoms with Crippen LogP contribution in [0.4, 0.5) is 5.95 Å². The zero-order valence-corrected chi connectivity index (χ0v) is 24.7. The van der Waals surface area contributed by atoms with Crippen LogP contribution in [0.5, 0.6) is 5.75 Å². The van der Waals surface area contributed by atoms with Gasteiger partial charge in [0.05, 0.1) is 17.7 Å². The zero-order valence-electron chi connectivity index (χ0n) is 24.7. The van der Waals surface area contributed by atoms with Crippen LogP contribution in [0, 0.1) is 0 Å². The third-order valence-corrected chi connectivity index (χ3v) is 9.98. The molecule has 4 fully saturated rings. The summed E-state index contributed by atoms with van der Waals surface area (Å²) in [5.74, 6) is 0.686. The van der Waals surface area contributed by atoms with E-state index in [4.69, 9.17) is 19.4 Å². The highest BCUT2D eigenvalue weighted by atomic mass is 16.5. The number of ether oxygens (including phenoxy) is 2. The number of hydrogen-bond acceptors (Lipinski definition) is 9. The number of fused-ring (bicyclic) bond motifs is 2. The van der Waals surface area contributed by atoms with Gasteiger partial charge in [-0.2, -0.15) is 0 Å². The Bertz CT molecular complexity index is 1650. The Hall–Kier alpha value is -4.09. The lowest BCUT2D eigenvalue weighted by Gasteiger charge is -2.33. The van der Waals surface area contributed by atoms with Crippen LogP contribution in [0.3, 0.4) is 0 Å². The molecule has 1 aromatic heterocycles. The summed E-state index contributed by atoms with van der Waals surface area (Å²) in [6.07, 6.45) is 6.86. The van der Waals surface area contributed by atoms with E-state index >= 15 is 0 Å². The number of carbonyl (C=O) groups excluding carboxylic acids is 3. The summed E-state index contributed by atoms with van der Waals surface area (Å²) >= 11 is 0. The van der Waals surface area contributed by atoms with Gasteiger partial charge in [-0.15, -0.1) is 0 Å². The van der Waals surface area contributed by atoms with Crippen LogP contribution in [0.2, 0.25) is 0 Å². The van der Waals surface area contributed by atoms with Crippen LogP contribution < -0.4 is 15.0 Å². The van der Waals surface area contributed by atoms with E-state index in [1.807, 2.05) is 18.3 Å². The summed E-state index contributed by atoms with van der Waals surface area (Å²) in [4.78, 5) is 53.0. The minimum absolute atomic E-state index is 0.0510. The van der Waals surface area contributed by atoms with Crippen LogP contribution in [0.25, 0.3) is 10.9 Å². The van der Waals surface area contributed by atoms with Gasteiger partial charge in [0.1, 0.15) is 17.9 Å². The molecule has 3 atom stereocenters. The molecular formula is C33H36N6O5. The van der Waals surface area contributed by atoms with Gasteiger partial charge in [-0.05, 0) is 73.6 Å². The van der Waals surface area contributed by atoms with Crippen molar-refractivity contribution in [3.8, 4) is 5.75 Å². The van der Waals surface area contributed by atoms with Crippen molar-refractivity contribution in [1.82, 2.24) is 25.1 Å². The maximum Gasteiger partial charge on any atom is 0.255 e. The summed E-state index contributed by atoms with van der Waals surface area (Å²) < 4.78 is 12.1. The molecule has 44 heavy (non-hydrogen) atoms. The number of nitrogens with zero attached hydrogens (tertiary/aromatic N) is 5. The second-order valence-electron chi connectivity index (χ2n) is 12.8. The Morgan fingerprint density at radius 1 is 1.07 bits per heavy atom. The molecule has 3 aromatic rings. The van der Waals surface area contributed by atoms with E-state index in [1.54, 1.807) is 11.0 Å². The second kappa shape index (κ2) is 10.8. The molecule has 5 aliphatic heterocycles. The summed E-state index contributed by atoms with van der Waals surface area (Å²) in [7, 11) is 0. The Kier molecular flexibility index (Phi) is 6.75. The minimum atomic E-state index is -0.617. The summed E-state index contributed by atoms with van der Waals surface area (Å²) in [6.45, 7) is 5.47. The average molecular weight is 597 g/mol. The van der Waals surface area contributed by atoms with Gasteiger partial charge in [0.15, 0.2) is 0 Å². The van der Waals surface area contributed by atoms with Crippen LogP contribution in [0.1, 0.15) is 60.0 Å². The fraction of sp³-hybridized carbons (Fsp3) is 0.485. The first kappa shape index (κ1) is 27.5. The first-order valence-electron chi connectivity index (χ1n) is 15.7. The highest BCUT2D eigenvalue weighted by Crippen LogP contribution is 2.39. The zero-order chi connectivity index (χ0) is 29.8. The molecule has 3 amide bonds. The quantitative estimate of drug-likeness (QED) is 0.429. The predicted octanol–water partition coefficient (Wildman–Crippen LogP) is 2.80. The van der Waals surface area contributed by atoms with Gasteiger partial charge in [0.2, 0.25) is 17.8 Å². The normalized spacial score (nSPS) is 27.1. The lowest BCUT2D eigenvalue weighted by molar-refractivity contribution is -0.136. The predicted molar refractivity (Wildman–Crippen MR) is 161 cm³/mol. The van der Waals surface area contributed by atoms with E-state index < -0.39 is 11.9 Å². The number of imide groups is 1. The van der Waals surface area contributed by atoms with Crippen molar-refractivity contribution in [2.24, 2.45) is 0 Å². The molecule has 0 saturated carbocycles. The monoisotopic (exact) mass is 596 g/mol. The molecule has 2 aromatic carbocycles. The van der Waals surface area contributed by atoms with Crippen molar-refractivity contribution >= 4 is 34.6 Å². The molecule has 0 aliphatic carbocycles. The van der Waals surface area contributed by atoms with Crippen molar-refractivity contribution in [2.45, 2.75) is 69.3 Å². The number of aromatic nitrogens is 2. The van der Waals surface area contributed by atoms with Gasteiger partial charge >= 0.3 is 0 Å². The van der Waals surface area contributed by atoms with E-state index in [9.17, 15) is 14.4 Å². The van der Waals surface area contributed by atoms with Gasteiger partial charge in [0, 0.05) is 62.9 Å². The van der Waals surface area contributed by atoms with Crippen LogP contribution in [0.15, 0.2) is 42.6 Å². The molecule has 0 radical (unpaired) electrons. The summed E-state index contributed by atoms with van der Waals surface area (Å²) in [5, 5.41) is 3.40. The molecule has 6 heterocycles. The van der Waals surface area contributed by atoms with Crippen molar-refractivity contribution in [2.75, 3.05) is 37.7 Å². The molecule has 3 unspecified atom stereocenters. The molecule has 8 rings (SSSR count). The number of nitrogens with one attached hydrogen (secondary N) is 1. The van der Waals surface area contributed by atoms with Gasteiger partial charge in [-0.3, -0.25) is 24.6 Å². The van der Waals surface area contributed by atoms with E-state index in [0.717, 1.165) is 93.2 Å². The summed E-state index contributed by atoms with van der Waals surface area (Å²) in [6, 6.07) is 11.4. The van der Waals surface area contributed by atoms with Crippen molar-refractivity contribution in [3.05, 3.63) is 59.3 Å². The maximum atomic E-state index is 13.0. The number of benzene rings is 2. The Labute approximate surface area is 255 Å². The molecular weight excluding hydrogens is 560 g/mol. The molecule has 5 aliphatic rings. The van der Waals surface area contributed by atoms with Crippen molar-refractivity contribution in [1.29, 1.82) is 0 Å². The average Bonchev–Trinajstić information content (AvgIpc) is 3.82. The van der Waals surface area contributed by atoms with Gasteiger partial charge in [-0.25, -0.2) is 9.97 Å². The smallest absolute Gasteiger partial charge is 0.255 e. The highest BCUT2D eigenvalue weighted by Gasteiger charge is 2.45. The number of carbonyl (C=O) groups is 3. The van der Waals surface area contributed by atoms with Crippen LogP contribution >= 0.6 is 0 Å². The summed E-state index contributed by atoms with van der Waals surface area (Å²) in [5.41, 5.74) is 3.70. The number of piperidine rings is 1. The highest BCUT2D eigenvalue weighted by molar-refractivity contribution is 6.05. The van der Waals surface area contributed by atoms with E-state index in [-0.39, 0.29) is 29.9 Å². The number of likely N-dealkylation sites (tertiary alicyclic amines) is 1. The Morgan fingerprint density at radius 2 is 2.00 bits per heavy atom.